The molecule has 1 fully saturated rings. The number of nitro benzene ring substituents is 1. The quantitative estimate of drug-likeness (QED) is 0.236. The molecule has 0 aromatic heterocycles. The zero-order valence-electron chi connectivity index (χ0n) is 16.3. The Hall–Kier alpha value is -3.18. The Morgan fingerprint density at radius 1 is 1.19 bits per heavy atom. The van der Waals surface area contributed by atoms with Gasteiger partial charge in [-0.05, 0) is 63.6 Å². The number of Topliss-reactive ketones (excluding diaryl/α,β-unsaturated/α-hetero) is 1. The van der Waals surface area contributed by atoms with Crippen molar-refractivity contribution in [3.05, 3.63) is 67.0 Å². The molecule has 9 nitrogen and oxygen atoms in total. The number of thioether (sulfide) groups is 1. The molecular weight excluding hydrogens is 492 g/mol. The normalized spacial score (nSPS) is 14.8. The van der Waals surface area contributed by atoms with Gasteiger partial charge in [0.15, 0.2) is 17.3 Å². The molecule has 0 saturated carbocycles. The van der Waals surface area contributed by atoms with Gasteiger partial charge in [0.2, 0.25) is 0 Å². The number of benzene rings is 2. The summed E-state index contributed by atoms with van der Waals surface area (Å²) in [4.78, 5) is 48.6. The molecule has 1 heterocycles. The number of amides is 2. The predicted octanol–water partition coefficient (Wildman–Crippen LogP) is 4.29. The van der Waals surface area contributed by atoms with Crippen molar-refractivity contribution in [2.45, 2.75) is 0 Å². The van der Waals surface area contributed by atoms with Crippen LogP contribution in [0.5, 0.6) is 11.5 Å². The van der Waals surface area contributed by atoms with Crippen molar-refractivity contribution in [3.8, 4) is 11.5 Å². The fourth-order valence-electron chi connectivity index (χ4n) is 2.81. The first-order valence-corrected chi connectivity index (χ1v) is 10.3. The Bertz CT molecular complexity index is 1120. The second-order valence-corrected chi connectivity index (χ2v) is 8.08. The molecule has 0 N–H and O–H groups in total. The maximum atomic E-state index is 12.7. The number of nitrogens with zero attached hydrogens (tertiary/aromatic N) is 2. The van der Waals surface area contributed by atoms with Gasteiger partial charge in [0, 0.05) is 17.7 Å². The van der Waals surface area contributed by atoms with Crippen molar-refractivity contribution in [2.75, 3.05) is 20.8 Å². The lowest BCUT2D eigenvalue weighted by Gasteiger charge is -2.12. The van der Waals surface area contributed by atoms with E-state index in [2.05, 4.69) is 15.9 Å². The van der Waals surface area contributed by atoms with Gasteiger partial charge in [0.05, 0.1) is 35.1 Å². The first-order valence-electron chi connectivity index (χ1n) is 8.69. The molecule has 160 valence electrons. The standard InChI is InChI=1S/C20H15BrN2O7S/c1-29-16-8-11(7-14(21)18(16)30-2)9-17-19(25)22(20(26)31-17)10-15(24)12-3-5-13(6-4-12)23(27)28/h3-9H,10H2,1-2H3/b17-9+. The van der Waals surface area contributed by atoms with Crippen molar-refractivity contribution in [2.24, 2.45) is 0 Å². The number of carbonyl (C=O) groups is 3. The largest absolute Gasteiger partial charge is 0.493 e. The third-order valence-electron chi connectivity index (χ3n) is 4.33. The second kappa shape index (κ2) is 9.31. The number of carbonyl (C=O) groups excluding carboxylic acids is 3. The third-order valence-corrected chi connectivity index (χ3v) is 5.83. The molecule has 1 aliphatic rings. The van der Waals surface area contributed by atoms with Crippen LogP contribution < -0.4 is 9.47 Å². The van der Waals surface area contributed by atoms with Gasteiger partial charge in [-0.3, -0.25) is 29.4 Å². The number of ether oxygens (including phenoxy) is 2. The van der Waals surface area contributed by atoms with Crippen molar-refractivity contribution in [3.63, 3.8) is 0 Å². The van der Waals surface area contributed by atoms with Gasteiger partial charge in [0.1, 0.15) is 0 Å². The lowest BCUT2D eigenvalue weighted by molar-refractivity contribution is -0.384. The van der Waals surface area contributed by atoms with E-state index in [1.807, 2.05) is 0 Å². The maximum Gasteiger partial charge on any atom is 0.293 e. The van der Waals surface area contributed by atoms with Crippen LogP contribution in [-0.4, -0.2) is 47.5 Å². The molecule has 2 aromatic carbocycles. The molecule has 0 bridgehead atoms. The minimum Gasteiger partial charge on any atom is -0.493 e. The van der Waals surface area contributed by atoms with E-state index in [-0.39, 0.29) is 16.2 Å². The fraction of sp³-hybridized carbons (Fsp3) is 0.150. The summed E-state index contributed by atoms with van der Waals surface area (Å²) in [7, 11) is 2.97. The highest BCUT2D eigenvalue weighted by Crippen LogP contribution is 2.38. The van der Waals surface area contributed by atoms with Gasteiger partial charge in [-0.2, -0.15) is 0 Å². The Labute approximate surface area is 189 Å². The molecule has 0 aliphatic carbocycles. The molecule has 0 spiro atoms. The summed E-state index contributed by atoms with van der Waals surface area (Å²) in [6.07, 6.45) is 1.52. The van der Waals surface area contributed by atoms with Crippen LogP contribution in [-0.2, 0) is 4.79 Å². The van der Waals surface area contributed by atoms with Gasteiger partial charge in [-0.25, -0.2) is 0 Å². The SMILES string of the molecule is COc1cc(/C=C2/SC(=O)N(CC(=O)c3ccc([N+](=O)[O-])cc3)C2=O)cc(Br)c1OC. The number of hydrogen-bond acceptors (Lipinski definition) is 8. The fourth-order valence-corrected chi connectivity index (χ4v) is 4.27. The van der Waals surface area contributed by atoms with Gasteiger partial charge < -0.3 is 9.47 Å². The first kappa shape index (κ1) is 22.5. The number of halogens is 1. The molecule has 11 heteroatoms. The van der Waals surface area contributed by atoms with Crippen molar-refractivity contribution in [1.29, 1.82) is 0 Å². The van der Waals surface area contributed by atoms with Gasteiger partial charge in [-0.15, -0.1) is 0 Å². The first-order chi connectivity index (χ1) is 14.7. The summed E-state index contributed by atoms with van der Waals surface area (Å²) in [5.74, 6) is -0.180. The Morgan fingerprint density at radius 2 is 1.87 bits per heavy atom. The number of rotatable bonds is 7. The molecule has 1 aliphatic heterocycles. The molecule has 2 amide bonds. The molecule has 31 heavy (non-hydrogen) atoms. The van der Waals surface area contributed by atoms with Crippen LogP contribution in [0.1, 0.15) is 15.9 Å². The number of ketones is 1. The molecule has 1 saturated heterocycles. The van der Waals surface area contributed by atoms with E-state index in [4.69, 9.17) is 9.47 Å². The summed E-state index contributed by atoms with van der Waals surface area (Å²) >= 11 is 4.09. The lowest BCUT2D eigenvalue weighted by Crippen LogP contribution is -2.33. The Kier molecular flexibility index (Phi) is 6.76. The molecule has 0 atom stereocenters. The van der Waals surface area contributed by atoms with E-state index in [1.54, 1.807) is 12.1 Å². The van der Waals surface area contributed by atoms with Gasteiger partial charge in [0.25, 0.3) is 16.8 Å². The van der Waals surface area contributed by atoms with Crippen molar-refractivity contribution < 1.29 is 28.8 Å². The maximum absolute atomic E-state index is 12.7. The Morgan fingerprint density at radius 3 is 2.45 bits per heavy atom. The monoisotopic (exact) mass is 506 g/mol. The molecule has 3 rings (SSSR count). The summed E-state index contributed by atoms with van der Waals surface area (Å²) < 4.78 is 11.1. The minimum atomic E-state index is -0.601. The van der Waals surface area contributed by atoms with Crippen LogP contribution in [0.15, 0.2) is 45.8 Å². The van der Waals surface area contributed by atoms with E-state index in [0.717, 1.165) is 16.7 Å². The van der Waals surface area contributed by atoms with Gasteiger partial charge in [-0.1, -0.05) is 0 Å². The van der Waals surface area contributed by atoms with Crippen LogP contribution in [0.4, 0.5) is 10.5 Å². The predicted molar refractivity (Wildman–Crippen MR) is 117 cm³/mol. The van der Waals surface area contributed by atoms with Crippen LogP contribution in [0.3, 0.4) is 0 Å². The minimum absolute atomic E-state index is 0.153. The van der Waals surface area contributed by atoms with Crippen molar-refractivity contribution >= 4 is 56.4 Å². The smallest absolute Gasteiger partial charge is 0.293 e. The average Bonchev–Trinajstić information content (AvgIpc) is 3.00. The molecule has 0 radical (unpaired) electrons. The van der Waals surface area contributed by atoms with E-state index in [0.29, 0.717) is 21.5 Å². The van der Waals surface area contributed by atoms with Crippen molar-refractivity contribution in [1.82, 2.24) is 4.90 Å². The number of hydrogen-bond donors (Lipinski definition) is 0. The van der Waals surface area contributed by atoms with E-state index < -0.39 is 28.4 Å². The third kappa shape index (κ3) is 4.78. The van der Waals surface area contributed by atoms with E-state index >= 15 is 0 Å². The van der Waals surface area contributed by atoms with Gasteiger partial charge >= 0.3 is 0 Å². The summed E-state index contributed by atoms with van der Waals surface area (Å²) in [6.45, 7) is -0.463. The van der Waals surface area contributed by atoms with E-state index in [9.17, 15) is 24.5 Å². The number of nitro groups is 1. The highest BCUT2D eigenvalue weighted by atomic mass is 79.9. The van der Waals surface area contributed by atoms with Crippen LogP contribution in [0.2, 0.25) is 0 Å². The number of non-ortho nitro benzene ring substituents is 1. The zero-order chi connectivity index (χ0) is 22.7. The highest BCUT2D eigenvalue weighted by molar-refractivity contribution is 9.10. The summed E-state index contributed by atoms with van der Waals surface area (Å²) in [6, 6.07) is 8.32. The summed E-state index contributed by atoms with van der Waals surface area (Å²) in [5.41, 5.74) is 0.598. The number of methoxy groups -OCH3 is 2. The van der Waals surface area contributed by atoms with Crippen LogP contribution in [0, 0.1) is 10.1 Å². The number of imide groups is 1. The van der Waals surface area contributed by atoms with Crippen LogP contribution >= 0.6 is 27.7 Å². The molecule has 2 aromatic rings. The van der Waals surface area contributed by atoms with E-state index in [1.165, 1.54) is 44.6 Å². The van der Waals surface area contributed by atoms with Crippen LogP contribution in [0.25, 0.3) is 6.08 Å². The highest BCUT2D eigenvalue weighted by Gasteiger charge is 2.36. The lowest BCUT2D eigenvalue weighted by atomic mass is 10.1. The Balaban J connectivity index is 1.80. The topological polar surface area (TPSA) is 116 Å². The average molecular weight is 507 g/mol. The molecular formula is C20H15BrN2O7S. The molecule has 0 unspecified atom stereocenters. The zero-order valence-corrected chi connectivity index (χ0v) is 18.7. The summed E-state index contributed by atoms with van der Waals surface area (Å²) in [5, 5.41) is 10.1. The second-order valence-electron chi connectivity index (χ2n) is 6.23.